The van der Waals surface area contributed by atoms with Gasteiger partial charge in [0.2, 0.25) is 0 Å². The summed E-state index contributed by atoms with van der Waals surface area (Å²) in [4.78, 5) is 0. The normalized spacial score (nSPS) is 33.5. The predicted octanol–water partition coefficient (Wildman–Crippen LogP) is 5.77. The minimum atomic E-state index is -1.08. The van der Waals surface area contributed by atoms with Crippen LogP contribution in [0.3, 0.4) is 0 Å². The van der Waals surface area contributed by atoms with Gasteiger partial charge in [-0.15, -0.1) is 22.1 Å². The Morgan fingerprint density at radius 2 is 1.12 bits per heavy atom. The molecule has 0 amide bonds. The van der Waals surface area contributed by atoms with Gasteiger partial charge in [0.25, 0.3) is 14.1 Å². The van der Waals surface area contributed by atoms with Crippen LogP contribution in [0.4, 0.5) is 0 Å². The van der Waals surface area contributed by atoms with Gasteiger partial charge in [-0.2, -0.15) is 0 Å². The summed E-state index contributed by atoms with van der Waals surface area (Å²) in [7, 11) is 0. The summed E-state index contributed by atoms with van der Waals surface area (Å²) >= 11 is -2.17. The molecule has 4 aliphatic carbocycles. The predicted molar refractivity (Wildman–Crippen MR) is 180 cm³/mol. The molecule has 8 heteroatoms. The van der Waals surface area contributed by atoms with E-state index in [1.54, 1.807) is 0 Å². The monoisotopic (exact) mass is 608 g/mol. The van der Waals surface area contributed by atoms with Crippen LogP contribution in [0.5, 0.6) is 0 Å². The molecule has 10 atom stereocenters. The molecular formula is C32H66AlLiN2O2S2. The molecule has 4 rings (SSSR count). The van der Waals surface area contributed by atoms with Crippen LogP contribution in [0.1, 0.15) is 109 Å². The zero-order chi connectivity index (χ0) is 28.7. The van der Waals surface area contributed by atoms with Gasteiger partial charge in [-0.05, 0) is 129 Å². The van der Waals surface area contributed by atoms with E-state index in [1.165, 1.54) is 25.7 Å². The number of fused-ring (bicyclic) bond motifs is 2. The van der Waals surface area contributed by atoms with Gasteiger partial charge in [0.15, 0.2) is 0 Å². The Bertz CT molecular complexity index is 757. The second kappa shape index (κ2) is 16.6. The number of nitrogens with zero attached hydrogens (tertiary/aromatic N) is 1. The molecular weight excluding hydrogens is 542 g/mol. The zero-order valence-electron chi connectivity index (χ0n) is 28.6. The van der Waals surface area contributed by atoms with Crippen LogP contribution in [0.25, 0.3) is 0 Å². The fourth-order valence-corrected chi connectivity index (χ4v) is 8.28. The van der Waals surface area contributed by atoms with E-state index >= 15 is 0 Å². The molecule has 0 aromatic heterocycles. The van der Waals surface area contributed by atoms with Crippen LogP contribution < -0.4 is 23.6 Å². The van der Waals surface area contributed by atoms with E-state index in [0.29, 0.717) is 5.92 Å². The topological polar surface area (TPSA) is 70.5 Å². The fourth-order valence-electron chi connectivity index (χ4n) is 6.71. The second-order valence-electron chi connectivity index (χ2n) is 15.9. The summed E-state index contributed by atoms with van der Waals surface area (Å²) in [6, 6.07) is 0. The smallest absolute Gasteiger partial charge is 0.598 e. The van der Waals surface area contributed by atoms with Crippen molar-refractivity contribution in [1.82, 2.24) is 4.72 Å². The number of hydrogen-bond donors (Lipinski definition) is 1. The zero-order valence-corrected chi connectivity index (χ0v) is 31.4. The Labute approximate surface area is 274 Å². The molecule has 0 bridgehead atoms. The summed E-state index contributed by atoms with van der Waals surface area (Å²) in [5.41, 5.74) is 1.16. The molecule has 4 fully saturated rings. The van der Waals surface area contributed by atoms with Crippen LogP contribution in [0, 0.1) is 54.8 Å². The van der Waals surface area contributed by atoms with E-state index < -0.39 is 22.7 Å². The third-order valence-electron chi connectivity index (χ3n) is 8.34. The fraction of sp³-hybridized carbons (Fsp3) is 0.938. The Balaban J connectivity index is 0. The van der Waals surface area contributed by atoms with E-state index in [-0.39, 0.29) is 62.9 Å². The second-order valence-corrected chi connectivity index (χ2v) is 23.2. The van der Waals surface area contributed by atoms with Gasteiger partial charge in [-0.25, -0.2) is 0 Å². The van der Waals surface area contributed by atoms with E-state index in [2.05, 4.69) is 61.1 Å². The molecule has 6 unspecified atom stereocenters. The quantitative estimate of drug-likeness (QED) is 0.186. The Morgan fingerprint density at radius 1 is 0.775 bits per heavy atom. The number of nitrogens with one attached hydrogen (secondary N) is 1. The van der Waals surface area contributed by atoms with E-state index in [0.717, 1.165) is 47.1 Å². The summed E-state index contributed by atoms with van der Waals surface area (Å²) in [6.45, 7) is 23.2. The molecule has 1 N–H and O–H groups in total. The average Bonchev–Trinajstić information content (AvgIpc) is 3.44. The summed E-state index contributed by atoms with van der Waals surface area (Å²) < 4.78 is 31.5. The summed E-state index contributed by atoms with van der Waals surface area (Å²) in [5, 5.41) is 0. The first kappa shape index (κ1) is 43.5. The molecule has 0 aromatic rings. The van der Waals surface area contributed by atoms with Crippen molar-refractivity contribution in [3.63, 3.8) is 0 Å². The maximum atomic E-state index is 12.2. The van der Waals surface area contributed by atoms with Gasteiger partial charge in [0.1, 0.15) is 20.9 Å². The van der Waals surface area contributed by atoms with Crippen molar-refractivity contribution in [2.45, 2.75) is 142 Å². The molecule has 40 heavy (non-hydrogen) atoms. The molecule has 4 aliphatic rings. The van der Waals surface area contributed by atoms with Crippen molar-refractivity contribution < 1.29 is 28.0 Å². The SMILES string of the molecule is C.CC(=N[S+]([O-])C(C)(C)C)C1[C@H]2CC(C)C[C@@H]12.CC1C[C@@H]2C(C(C)(C)N[S+]([O-])C(C)(C)C)[C@@H]2C1.[CH3-].[CH3][Al]([CH3])[CH3].[Li+]. The summed E-state index contributed by atoms with van der Waals surface area (Å²) in [5.74, 6) is 13.6. The van der Waals surface area contributed by atoms with Gasteiger partial charge >= 0.3 is 18.9 Å². The first-order valence-corrected chi connectivity index (χ1v) is 20.6. The van der Waals surface area contributed by atoms with Gasteiger partial charge in [-0.1, -0.05) is 25.7 Å². The molecule has 0 heterocycles. The van der Waals surface area contributed by atoms with Crippen LogP contribution >= 0.6 is 0 Å². The molecule has 0 saturated heterocycles. The largest absolute Gasteiger partial charge is 1.00 e. The maximum Gasteiger partial charge on any atom is 1.00 e. The molecule has 0 aromatic carbocycles. The third kappa shape index (κ3) is 12.4. The minimum Gasteiger partial charge on any atom is -0.598 e. The molecule has 0 spiro atoms. The van der Waals surface area contributed by atoms with E-state index in [9.17, 15) is 9.11 Å². The van der Waals surface area contributed by atoms with Gasteiger partial charge in [-0.3, -0.25) is 0 Å². The summed E-state index contributed by atoms with van der Waals surface area (Å²) in [6.07, 6.45) is 5.46. The molecule has 4 saturated carbocycles. The Kier molecular flexibility index (Phi) is 18.1. The van der Waals surface area contributed by atoms with Gasteiger partial charge in [0, 0.05) is 17.3 Å². The van der Waals surface area contributed by atoms with Crippen molar-refractivity contribution >= 4 is 42.6 Å². The van der Waals surface area contributed by atoms with Crippen molar-refractivity contribution in [2.24, 2.45) is 51.7 Å². The van der Waals surface area contributed by atoms with Crippen LogP contribution in [-0.2, 0) is 22.7 Å². The van der Waals surface area contributed by atoms with Crippen LogP contribution in [-0.4, -0.2) is 44.0 Å². The molecule has 232 valence electrons. The minimum absolute atomic E-state index is 0. The number of hydrogen-bond acceptors (Lipinski definition) is 4. The molecule has 4 nitrogen and oxygen atoms in total. The number of rotatable bonds is 5. The van der Waals surface area contributed by atoms with Crippen LogP contribution in [0.15, 0.2) is 4.40 Å². The standard InChI is InChI=1S/C14H27NOS.C13H23NOS.CH4.4CH3.Al.Li/c1-9-7-10-11(8-9)12(10)14(5,6)15-17(16)13(2,3)4;1-8-6-10-11(7-8)12(10)9(2)14-16(15)13(3,4)5;;;;;;;/h9-12,15H,7-8H2,1-6H3;8,10-12H,6-7H2,1-5H3;1H4;4*1H3;;/q;;;;;;-1;;+1/t9?,10-,11+,12?,17?;8?,10-,11+,12?,16?;;;;;;;. The maximum absolute atomic E-state index is 12.2. The van der Waals surface area contributed by atoms with Crippen molar-refractivity contribution in [1.29, 1.82) is 0 Å². The van der Waals surface area contributed by atoms with Crippen LogP contribution in [0.2, 0.25) is 17.4 Å². The Morgan fingerprint density at radius 3 is 1.45 bits per heavy atom. The van der Waals surface area contributed by atoms with Crippen molar-refractivity contribution in [2.75, 3.05) is 0 Å². The van der Waals surface area contributed by atoms with Crippen molar-refractivity contribution in [3.8, 4) is 0 Å². The Hall–Kier alpha value is 1.38. The first-order valence-electron chi connectivity index (χ1n) is 14.8. The average molecular weight is 609 g/mol. The van der Waals surface area contributed by atoms with Crippen molar-refractivity contribution in [3.05, 3.63) is 7.43 Å². The first-order chi connectivity index (χ1) is 16.7. The van der Waals surface area contributed by atoms with Gasteiger partial charge in [0.05, 0.1) is 11.3 Å². The van der Waals surface area contributed by atoms with E-state index in [4.69, 9.17) is 0 Å². The third-order valence-corrected chi connectivity index (χ3v) is 11.7. The van der Waals surface area contributed by atoms with E-state index in [1.807, 2.05) is 41.5 Å². The van der Waals surface area contributed by atoms with Gasteiger partial charge < -0.3 is 16.5 Å². The molecule has 0 aliphatic heterocycles. The molecule has 0 radical (unpaired) electrons.